The number of fused-ring (bicyclic) bond motifs is 5. The van der Waals surface area contributed by atoms with E-state index in [9.17, 15) is 14.4 Å². The van der Waals surface area contributed by atoms with Gasteiger partial charge in [0.15, 0.2) is 5.13 Å². The van der Waals surface area contributed by atoms with E-state index in [1.165, 1.54) is 34.4 Å². The van der Waals surface area contributed by atoms with Crippen molar-refractivity contribution in [3.63, 3.8) is 0 Å². The molecule has 0 spiro atoms. The minimum absolute atomic E-state index is 0.00361. The summed E-state index contributed by atoms with van der Waals surface area (Å²) in [5, 5.41) is 8.14. The second-order valence-electron chi connectivity index (χ2n) is 14.0. The van der Waals surface area contributed by atoms with Crippen LogP contribution in [0.4, 0.5) is 9.93 Å². The van der Waals surface area contributed by atoms with E-state index in [-0.39, 0.29) is 17.9 Å². The van der Waals surface area contributed by atoms with E-state index < -0.39 is 17.7 Å². The van der Waals surface area contributed by atoms with Crippen molar-refractivity contribution in [2.45, 2.75) is 91.1 Å². The highest BCUT2D eigenvalue weighted by Gasteiger charge is 2.57. The largest absolute Gasteiger partial charge is 0.444 e. The first-order chi connectivity index (χ1) is 21.3. The summed E-state index contributed by atoms with van der Waals surface area (Å²) in [4.78, 5) is 49.7. The Morgan fingerprint density at radius 1 is 1.22 bits per heavy atom. The fraction of sp³-hybridized carbons (Fsp3) is 0.618. The van der Waals surface area contributed by atoms with E-state index in [1.807, 2.05) is 19.1 Å². The molecule has 1 N–H and O–H groups in total. The molecule has 2 saturated carbocycles. The van der Waals surface area contributed by atoms with Crippen LogP contribution in [0.2, 0.25) is 0 Å². The fourth-order valence-corrected chi connectivity index (χ4v) is 8.57. The van der Waals surface area contributed by atoms with Crippen LogP contribution in [0.5, 0.6) is 5.75 Å². The van der Waals surface area contributed by atoms with Crippen molar-refractivity contribution in [1.29, 1.82) is 0 Å². The molecule has 45 heavy (non-hydrogen) atoms. The van der Waals surface area contributed by atoms with Crippen molar-refractivity contribution < 1.29 is 28.7 Å². The van der Waals surface area contributed by atoms with Crippen molar-refractivity contribution in [2.24, 2.45) is 28.3 Å². The van der Waals surface area contributed by atoms with Gasteiger partial charge >= 0.3 is 12.1 Å². The van der Waals surface area contributed by atoms with Crippen LogP contribution in [-0.4, -0.2) is 59.9 Å². The summed E-state index contributed by atoms with van der Waals surface area (Å²) in [6, 6.07) is 5.97. The smallest absolute Gasteiger partial charge is 0.410 e. The molecule has 244 valence electrons. The number of aromatic nitrogens is 1. The summed E-state index contributed by atoms with van der Waals surface area (Å²) >= 11 is 1.49. The highest BCUT2D eigenvalue weighted by molar-refractivity contribution is 7.15. The average molecular weight is 639 g/mol. The zero-order chi connectivity index (χ0) is 32.5. The summed E-state index contributed by atoms with van der Waals surface area (Å²) < 4.78 is 11.0. The molecule has 0 aliphatic heterocycles. The lowest BCUT2D eigenvalue weighted by molar-refractivity contribution is -0.135. The molecule has 3 aliphatic rings. The van der Waals surface area contributed by atoms with Gasteiger partial charge in [0.2, 0.25) is 5.91 Å². The van der Waals surface area contributed by atoms with Gasteiger partial charge in [0, 0.05) is 30.0 Å². The lowest BCUT2D eigenvalue weighted by Gasteiger charge is -2.50. The van der Waals surface area contributed by atoms with Crippen LogP contribution < -0.4 is 10.1 Å². The second kappa shape index (κ2) is 13.1. The van der Waals surface area contributed by atoms with Gasteiger partial charge in [-0.2, -0.15) is 0 Å². The first-order valence-electron chi connectivity index (χ1n) is 15.9. The van der Waals surface area contributed by atoms with Gasteiger partial charge in [0.25, 0.3) is 0 Å². The number of carbonyl (C=O) groups is 3. The lowest BCUT2D eigenvalue weighted by atomic mass is 9.54. The number of benzene rings is 1. The van der Waals surface area contributed by atoms with Crippen molar-refractivity contribution in [2.75, 3.05) is 26.0 Å². The number of rotatable bonds is 8. The Kier molecular flexibility index (Phi) is 9.58. The maximum Gasteiger partial charge on any atom is 0.410 e. The molecule has 2 amide bonds. The number of aryl methyl sites for hydroxylation is 2. The maximum atomic E-state index is 12.9. The first kappa shape index (κ1) is 32.9. The SMILES string of the molecule is CO/N=C1\C[C@@H](CCC(=O)Nc2ncc(C)s2)C2C3CCc4cc(OC(=O)CN(C)C(=O)OC(C)(C)C)ccc4C3CC[C@]12C. The van der Waals surface area contributed by atoms with E-state index >= 15 is 0 Å². The Balaban J connectivity index is 1.27. The van der Waals surface area contributed by atoms with Crippen LogP contribution in [0.3, 0.4) is 0 Å². The molecule has 5 rings (SSSR count). The summed E-state index contributed by atoms with van der Waals surface area (Å²) in [7, 11) is 3.14. The van der Waals surface area contributed by atoms with Crippen LogP contribution in [0.25, 0.3) is 0 Å². The van der Waals surface area contributed by atoms with Crippen LogP contribution >= 0.6 is 11.3 Å². The predicted molar refractivity (Wildman–Crippen MR) is 174 cm³/mol. The summed E-state index contributed by atoms with van der Waals surface area (Å²) in [6.07, 6.45) is 7.26. The molecule has 1 heterocycles. The minimum atomic E-state index is -0.644. The number of anilines is 1. The van der Waals surface area contributed by atoms with Gasteiger partial charge in [-0.1, -0.05) is 18.1 Å². The summed E-state index contributed by atoms with van der Waals surface area (Å²) in [5.41, 5.74) is 2.96. The van der Waals surface area contributed by atoms with Gasteiger partial charge in [0.1, 0.15) is 25.0 Å². The van der Waals surface area contributed by atoms with Crippen LogP contribution in [-0.2, 0) is 25.6 Å². The molecule has 1 aromatic carbocycles. The lowest BCUT2D eigenvalue weighted by Crippen LogP contribution is -2.44. The number of esters is 1. The number of amides is 2. The number of likely N-dealkylation sites (N-methyl/N-ethyl adjacent to an activating group) is 1. The molecule has 5 atom stereocenters. The molecule has 3 unspecified atom stereocenters. The Bertz CT molecular complexity index is 1460. The fourth-order valence-electron chi connectivity index (χ4n) is 7.89. The zero-order valence-corrected chi connectivity index (χ0v) is 28.3. The Labute approximate surface area is 269 Å². The third-order valence-corrected chi connectivity index (χ3v) is 10.5. The summed E-state index contributed by atoms with van der Waals surface area (Å²) in [5.74, 6) is 1.57. The third-order valence-electron chi connectivity index (χ3n) is 9.69. The second-order valence-corrected chi connectivity index (χ2v) is 15.2. The standard InChI is InChI=1S/C34H46N4O6S/c1-20-18-35-31(45-20)36-28(39)13-9-22-17-27(37-42-7)34(5)15-14-25-24-12-10-23(16-21(24)8-11-26(25)30(22)34)43-29(40)19-38(6)32(41)44-33(2,3)4/h10,12,16,18,22,25-26,30H,8-9,11,13-15,17,19H2,1-7H3,(H,35,36,39)/b37-27+/t22-,25?,26?,30?,34-/m1/s1. The minimum Gasteiger partial charge on any atom is -0.444 e. The molecule has 10 nitrogen and oxygen atoms in total. The topological polar surface area (TPSA) is 119 Å². The summed E-state index contributed by atoms with van der Waals surface area (Å²) in [6.45, 7) is 9.47. The molecule has 2 aromatic rings. The molecule has 1 aromatic heterocycles. The van der Waals surface area contributed by atoms with Crippen LogP contribution in [0, 0.1) is 30.1 Å². The van der Waals surface area contributed by atoms with Crippen molar-refractivity contribution >= 4 is 40.1 Å². The number of nitrogens with one attached hydrogen (secondary N) is 1. The van der Waals surface area contributed by atoms with Crippen LogP contribution in [0.1, 0.15) is 88.1 Å². The molecular formula is C34H46N4O6S. The average Bonchev–Trinajstić information content (AvgIpc) is 3.50. The zero-order valence-electron chi connectivity index (χ0n) is 27.5. The normalized spacial score (nSPS) is 26.3. The van der Waals surface area contributed by atoms with E-state index in [0.29, 0.717) is 41.0 Å². The maximum absolute atomic E-state index is 12.9. The number of ether oxygens (including phenoxy) is 2. The van der Waals surface area contributed by atoms with Crippen LogP contribution in [0.15, 0.2) is 29.6 Å². The van der Waals surface area contributed by atoms with Gasteiger partial charge in [-0.15, -0.1) is 11.3 Å². The Morgan fingerprint density at radius 3 is 2.69 bits per heavy atom. The molecule has 2 fully saturated rings. The van der Waals surface area contributed by atoms with E-state index in [2.05, 4.69) is 28.4 Å². The number of carbonyl (C=O) groups excluding carboxylic acids is 3. The van der Waals surface area contributed by atoms with Crippen molar-refractivity contribution in [3.05, 3.63) is 40.4 Å². The number of hydrogen-bond acceptors (Lipinski definition) is 9. The van der Waals surface area contributed by atoms with E-state index in [4.69, 9.17) is 14.3 Å². The predicted octanol–water partition coefficient (Wildman–Crippen LogP) is 6.73. The van der Waals surface area contributed by atoms with Crippen molar-refractivity contribution in [1.82, 2.24) is 9.88 Å². The third kappa shape index (κ3) is 7.34. The Morgan fingerprint density at radius 2 is 2.00 bits per heavy atom. The molecule has 11 heteroatoms. The number of nitrogens with zero attached hydrogens (tertiary/aromatic N) is 3. The van der Waals surface area contributed by atoms with Gasteiger partial charge in [-0.05, 0) is 113 Å². The van der Waals surface area contributed by atoms with Gasteiger partial charge < -0.3 is 24.5 Å². The van der Waals surface area contributed by atoms with E-state index in [0.717, 1.165) is 49.1 Å². The van der Waals surface area contributed by atoms with Gasteiger partial charge in [-0.25, -0.2) is 14.6 Å². The quantitative estimate of drug-likeness (QED) is 0.194. The first-order valence-corrected chi connectivity index (χ1v) is 16.7. The molecule has 3 aliphatic carbocycles. The number of hydrogen-bond donors (Lipinski definition) is 1. The van der Waals surface area contributed by atoms with Crippen molar-refractivity contribution in [3.8, 4) is 5.75 Å². The Hall–Kier alpha value is -3.47. The monoisotopic (exact) mass is 638 g/mol. The van der Waals surface area contributed by atoms with Gasteiger partial charge in [0.05, 0.1) is 5.71 Å². The molecule has 0 bridgehead atoms. The highest BCUT2D eigenvalue weighted by atomic mass is 32.1. The number of oxime groups is 1. The van der Waals surface area contributed by atoms with Gasteiger partial charge in [-0.3, -0.25) is 4.79 Å². The van der Waals surface area contributed by atoms with E-state index in [1.54, 1.807) is 34.1 Å². The highest BCUT2D eigenvalue weighted by Crippen LogP contribution is 2.62. The number of thiazole rings is 1. The molecule has 0 radical (unpaired) electrons. The molecular weight excluding hydrogens is 592 g/mol. The molecule has 0 saturated heterocycles.